The lowest BCUT2D eigenvalue weighted by Crippen LogP contribution is -1.94. The molecule has 0 radical (unpaired) electrons. The van der Waals surface area contributed by atoms with Gasteiger partial charge in [-0.15, -0.1) is 0 Å². The van der Waals surface area contributed by atoms with E-state index in [4.69, 9.17) is 0 Å². The van der Waals surface area contributed by atoms with Crippen LogP contribution in [-0.2, 0) is 0 Å². The average Bonchev–Trinajstić information content (AvgIpc) is 3.64. The summed E-state index contributed by atoms with van der Waals surface area (Å²) in [4.78, 5) is 0. The normalized spacial score (nSPS) is 11.7. The lowest BCUT2D eigenvalue weighted by atomic mass is 9.82. The van der Waals surface area contributed by atoms with Crippen LogP contribution in [0.3, 0.4) is 0 Å². The molecule has 48 heavy (non-hydrogen) atoms. The van der Waals surface area contributed by atoms with Crippen molar-refractivity contribution in [3.05, 3.63) is 151 Å². The van der Waals surface area contributed by atoms with Crippen LogP contribution in [0.15, 0.2) is 145 Å². The Morgan fingerprint density at radius 2 is 0.875 bits per heavy atom. The van der Waals surface area contributed by atoms with Gasteiger partial charge in [-0.1, -0.05) is 121 Å². The Bertz CT molecular complexity index is 2700. The molecule has 8 aromatic carbocycles. The fourth-order valence-corrected chi connectivity index (χ4v) is 8.25. The summed E-state index contributed by atoms with van der Waals surface area (Å²) in [7, 11) is 0. The number of benzene rings is 8. The molecule has 0 amide bonds. The molecule has 0 unspecified atom stereocenters. The zero-order chi connectivity index (χ0) is 31.9. The molecule has 0 saturated heterocycles. The van der Waals surface area contributed by atoms with E-state index in [1.807, 2.05) is 18.2 Å². The first kappa shape index (κ1) is 26.5. The van der Waals surface area contributed by atoms with Gasteiger partial charge in [-0.3, -0.25) is 0 Å². The van der Waals surface area contributed by atoms with Crippen molar-refractivity contribution in [3.63, 3.8) is 0 Å². The first-order valence-electron chi connectivity index (χ1n) is 16.1. The van der Waals surface area contributed by atoms with Crippen molar-refractivity contribution >= 4 is 38.4 Å². The van der Waals surface area contributed by atoms with E-state index in [0.717, 1.165) is 11.1 Å². The summed E-state index contributed by atoms with van der Waals surface area (Å²) >= 11 is 0. The Labute approximate surface area is 277 Å². The molecule has 0 heterocycles. The average molecular weight is 605 g/mol. The fourth-order valence-electron chi connectivity index (χ4n) is 8.25. The van der Waals surface area contributed by atoms with Crippen LogP contribution in [0.4, 0.5) is 0 Å². The lowest BCUT2D eigenvalue weighted by Gasteiger charge is -2.21. The van der Waals surface area contributed by atoms with Gasteiger partial charge in [-0.25, -0.2) is 0 Å². The second-order valence-electron chi connectivity index (χ2n) is 12.6. The van der Waals surface area contributed by atoms with Crippen molar-refractivity contribution in [2.24, 2.45) is 0 Å². The molecular formula is C46H24N2. The molecule has 2 aliphatic carbocycles. The van der Waals surface area contributed by atoms with Crippen molar-refractivity contribution in [3.8, 4) is 78.9 Å². The van der Waals surface area contributed by atoms with Crippen LogP contribution >= 0.6 is 0 Å². The highest BCUT2D eigenvalue weighted by molar-refractivity contribution is 6.32. The van der Waals surface area contributed by atoms with Crippen molar-refractivity contribution in [2.75, 3.05) is 0 Å². The maximum absolute atomic E-state index is 9.39. The number of fused-ring (bicyclic) bond motifs is 8. The molecule has 0 saturated carbocycles. The van der Waals surface area contributed by atoms with Gasteiger partial charge >= 0.3 is 0 Å². The molecule has 0 spiro atoms. The van der Waals surface area contributed by atoms with E-state index in [9.17, 15) is 10.5 Å². The van der Waals surface area contributed by atoms with Gasteiger partial charge in [0.05, 0.1) is 0 Å². The summed E-state index contributed by atoms with van der Waals surface area (Å²) in [6.45, 7) is 0. The summed E-state index contributed by atoms with van der Waals surface area (Å²) in [6.07, 6.45) is 1.67. The number of nitriles is 2. The summed E-state index contributed by atoms with van der Waals surface area (Å²) < 4.78 is 0. The molecule has 0 bridgehead atoms. The first-order valence-corrected chi connectivity index (χ1v) is 16.1. The van der Waals surface area contributed by atoms with E-state index in [2.05, 4.69) is 133 Å². The monoisotopic (exact) mass is 604 g/mol. The lowest BCUT2D eigenvalue weighted by molar-refractivity contribution is 1.47. The minimum Gasteiger partial charge on any atom is -0.192 e. The van der Waals surface area contributed by atoms with Gasteiger partial charge < -0.3 is 0 Å². The highest BCUT2D eigenvalue weighted by Crippen LogP contribution is 2.61. The Hall–Kier alpha value is -6.74. The van der Waals surface area contributed by atoms with Crippen LogP contribution in [0, 0.1) is 22.7 Å². The molecule has 0 aliphatic heterocycles. The standard InChI is InChI=1S/C46H24N2/c47-25-28(26-48)21-27-15-16-33-34-17-19-36-44-37(20-18-35(43(34)44)38(33)22-27)46-42(30-11-5-2-6-12-30)40-24-32-14-8-7-13-31(32)23-39(40)41(45(36)46)29-9-3-1-4-10-29/h1-24H. The quantitative estimate of drug-likeness (QED) is 0.149. The molecule has 0 N–H and O–H groups in total. The molecule has 0 fully saturated rings. The van der Waals surface area contributed by atoms with Crippen LogP contribution in [0.1, 0.15) is 5.56 Å². The molecule has 2 nitrogen and oxygen atoms in total. The fraction of sp³-hybridized carbons (Fsp3) is 0. The molecule has 10 rings (SSSR count). The molecule has 0 atom stereocenters. The van der Waals surface area contributed by atoms with Crippen molar-refractivity contribution in [1.29, 1.82) is 10.5 Å². The highest BCUT2D eigenvalue weighted by Gasteiger charge is 2.34. The number of rotatable bonds is 3. The second-order valence-corrected chi connectivity index (χ2v) is 12.6. The summed E-state index contributed by atoms with van der Waals surface area (Å²) in [5, 5.41) is 26.3. The predicted molar refractivity (Wildman–Crippen MR) is 198 cm³/mol. The molecule has 8 aromatic rings. The van der Waals surface area contributed by atoms with Crippen molar-refractivity contribution in [2.45, 2.75) is 0 Å². The van der Waals surface area contributed by atoms with Crippen LogP contribution in [0.2, 0.25) is 0 Å². The smallest absolute Gasteiger partial charge is 0.130 e. The maximum atomic E-state index is 9.39. The number of hydrogen-bond donors (Lipinski definition) is 0. The van der Waals surface area contributed by atoms with Gasteiger partial charge in [0, 0.05) is 0 Å². The molecule has 2 heteroatoms. The third-order valence-corrected chi connectivity index (χ3v) is 10.2. The van der Waals surface area contributed by atoms with Gasteiger partial charge in [0.1, 0.15) is 17.7 Å². The summed E-state index contributed by atoms with van der Waals surface area (Å²) in [5.41, 5.74) is 15.7. The van der Waals surface area contributed by atoms with E-state index in [1.165, 1.54) is 93.5 Å². The van der Waals surface area contributed by atoms with Crippen LogP contribution in [0.25, 0.3) is 105 Å². The first-order chi connectivity index (χ1) is 23.7. The van der Waals surface area contributed by atoms with Gasteiger partial charge in [-0.05, 0) is 129 Å². The molecule has 218 valence electrons. The van der Waals surface area contributed by atoms with E-state index in [0.29, 0.717) is 0 Å². The van der Waals surface area contributed by atoms with Crippen LogP contribution in [-0.4, -0.2) is 0 Å². The highest BCUT2D eigenvalue weighted by atomic mass is 14.4. The van der Waals surface area contributed by atoms with Crippen molar-refractivity contribution < 1.29 is 0 Å². The number of allylic oxidation sites excluding steroid dienone is 1. The SMILES string of the molecule is N#CC(C#N)=Cc1ccc2c(c1)-c1ccc3c4c(ccc-2c14)-c1c-3c(-c2ccccc2)c2cc3ccccc3cc2c1-c1ccccc1. The van der Waals surface area contributed by atoms with Gasteiger partial charge in [0.2, 0.25) is 0 Å². The Morgan fingerprint density at radius 1 is 0.417 bits per heavy atom. The molecule has 2 aliphatic rings. The minimum absolute atomic E-state index is 0.100. The third kappa shape index (κ3) is 3.55. The van der Waals surface area contributed by atoms with Crippen LogP contribution < -0.4 is 0 Å². The van der Waals surface area contributed by atoms with Gasteiger partial charge in [0.25, 0.3) is 0 Å². The zero-order valence-electron chi connectivity index (χ0n) is 25.8. The van der Waals surface area contributed by atoms with Crippen molar-refractivity contribution in [1.82, 2.24) is 0 Å². The number of nitrogens with zero attached hydrogens (tertiary/aromatic N) is 2. The Morgan fingerprint density at radius 3 is 1.42 bits per heavy atom. The van der Waals surface area contributed by atoms with Gasteiger partial charge in [0.15, 0.2) is 0 Å². The Balaban J connectivity index is 1.36. The predicted octanol–water partition coefficient (Wildman–Crippen LogP) is 12.2. The second kappa shape index (κ2) is 9.88. The summed E-state index contributed by atoms with van der Waals surface area (Å²) in [6, 6.07) is 54.6. The zero-order valence-corrected chi connectivity index (χ0v) is 25.8. The number of hydrogen-bond acceptors (Lipinski definition) is 2. The topological polar surface area (TPSA) is 47.6 Å². The van der Waals surface area contributed by atoms with E-state index in [-0.39, 0.29) is 5.57 Å². The third-order valence-electron chi connectivity index (χ3n) is 10.2. The largest absolute Gasteiger partial charge is 0.192 e. The Kier molecular flexibility index (Phi) is 5.45. The van der Waals surface area contributed by atoms with E-state index in [1.54, 1.807) is 6.08 Å². The maximum Gasteiger partial charge on any atom is 0.130 e. The van der Waals surface area contributed by atoms with E-state index >= 15 is 0 Å². The van der Waals surface area contributed by atoms with Gasteiger partial charge in [-0.2, -0.15) is 10.5 Å². The molecular weight excluding hydrogens is 581 g/mol. The van der Waals surface area contributed by atoms with E-state index < -0.39 is 0 Å². The minimum atomic E-state index is 0.100. The summed E-state index contributed by atoms with van der Waals surface area (Å²) in [5.74, 6) is 0. The molecule has 0 aromatic heterocycles. The van der Waals surface area contributed by atoms with Crippen LogP contribution in [0.5, 0.6) is 0 Å².